The van der Waals surface area contributed by atoms with E-state index in [9.17, 15) is 9.59 Å². The molecule has 7 heteroatoms. The topological polar surface area (TPSA) is 52.7 Å². The van der Waals surface area contributed by atoms with Crippen molar-refractivity contribution >= 4 is 56.6 Å². The van der Waals surface area contributed by atoms with E-state index in [4.69, 9.17) is 12.2 Å². The highest BCUT2D eigenvalue weighted by Crippen LogP contribution is 2.50. The number of nitrogens with zero attached hydrogens (tertiary/aromatic N) is 2. The van der Waals surface area contributed by atoms with E-state index in [2.05, 4.69) is 54.4 Å². The third-order valence-corrected chi connectivity index (χ3v) is 7.57. The standard InChI is InChI=1S/C25H27N3O2S2/c1-5-27-23(30)19(32-24(27)31)12-13-20-25(2,3)22-17-9-7-6-8-16(17)10-11-18(22)28(20)15-14-21(29)26-4/h6-13H,5,14-15H2,1-4H3,(H,26,29). The number of allylic oxidation sites excluding steroid dienone is 3. The summed E-state index contributed by atoms with van der Waals surface area (Å²) < 4.78 is 0.596. The van der Waals surface area contributed by atoms with Crippen molar-refractivity contribution in [2.75, 3.05) is 25.0 Å². The number of anilines is 1. The molecule has 2 amide bonds. The average molecular weight is 466 g/mol. The number of hydrogen-bond donors (Lipinski definition) is 1. The van der Waals surface area contributed by atoms with Gasteiger partial charge in [-0.05, 0) is 41.5 Å². The zero-order valence-electron chi connectivity index (χ0n) is 18.8. The van der Waals surface area contributed by atoms with E-state index in [1.165, 1.54) is 28.1 Å². The van der Waals surface area contributed by atoms with Crippen molar-refractivity contribution in [1.82, 2.24) is 10.2 Å². The zero-order valence-corrected chi connectivity index (χ0v) is 20.4. The van der Waals surface area contributed by atoms with Crippen molar-refractivity contribution in [3.8, 4) is 0 Å². The molecule has 5 nitrogen and oxygen atoms in total. The SMILES string of the molecule is CCN1C(=O)C(=CC=C2N(CCC(=O)NC)c3ccc4ccccc4c3C2(C)C)SC1=S. The van der Waals surface area contributed by atoms with Crippen LogP contribution in [0.4, 0.5) is 5.69 Å². The molecule has 0 aromatic heterocycles. The predicted octanol–water partition coefficient (Wildman–Crippen LogP) is 4.72. The number of rotatable bonds is 5. The number of nitrogens with one attached hydrogen (secondary N) is 1. The molecule has 1 N–H and O–H groups in total. The number of carbonyl (C=O) groups excluding carboxylic acids is 2. The first-order chi connectivity index (χ1) is 15.3. The molecule has 0 bridgehead atoms. The molecule has 0 spiro atoms. The second kappa shape index (κ2) is 8.71. The van der Waals surface area contributed by atoms with Crippen LogP contribution in [0.15, 0.2) is 59.2 Å². The number of fused-ring (bicyclic) bond motifs is 3. The quantitative estimate of drug-likeness (QED) is 0.511. The smallest absolute Gasteiger partial charge is 0.266 e. The normalized spacial score (nSPS) is 20.0. The molecule has 1 fully saturated rings. The molecule has 2 aromatic rings. The van der Waals surface area contributed by atoms with Crippen molar-refractivity contribution in [2.45, 2.75) is 32.6 Å². The van der Waals surface area contributed by atoms with Crippen LogP contribution in [-0.4, -0.2) is 41.2 Å². The fraction of sp³-hybridized carbons (Fsp3) is 0.320. The van der Waals surface area contributed by atoms with Crippen molar-refractivity contribution in [1.29, 1.82) is 0 Å². The first-order valence-electron chi connectivity index (χ1n) is 10.8. The van der Waals surface area contributed by atoms with E-state index in [0.717, 1.165) is 11.4 Å². The van der Waals surface area contributed by atoms with E-state index in [1.807, 2.05) is 25.1 Å². The highest BCUT2D eigenvalue weighted by atomic mass is 32.2. The van der Waals surface area contributed by atoms with Gasteiger partial charge in [-0.15, -0.1) is 0 Å². The Morgan fingerprint density at radius 1 is 1.16 bits per heavy atom. The van der Waals surface area contributed by atoms with Gasteiger partial charge in [0, 0.05) is 43.4 Å². The molecular formula is C25H27N3O2S2. The summed E-state index contributed by atoms with van der Waals surface area (Å²) in [5.74, 6) is -0.0461. The minimum absolute atomic E-state index is 0.000197. The maximum absolute atomic E-state index is 12.7. The number of likely N-dealkylation sites (N-methyl/N-ethyl adjacent to an activating group) is 1. The van der Waals surface area contributed by atoms with Crippen molar-refractivity contribution in [2.24, 2.45) is 0 Å². The van der Waals surface area contributed by atoms with Crippen LogP contribution in [0.25, 0.3) is 10.8 Å². The summed E-state index contributed by atoms with van der Waals surface area (Å²) in [6.45, 7) is 7.46. The Kier molecular flexibility index (Phi) is 6.14. The van der Waals surface area contributed by atoms with Crippen LogP contribution in [-0.2, 0) is 15.0 Å². The van der Waals surface area contributed by atoms with Crippen LogP contribution in [0.2, 0.25) is 0 Å². The van der Waals surface area contributed by atoms with E-state index in [1.54, 1.807) is 11.9 Å². The van der Waals surface area contributed by atoms with Gasteiger partial charge in [-0.3, -0.25) is 14.5 Å². The van der Waals surface area contributed by atoms with Gasteiger partial charge in [0.15, 0.2) is 0 Å². The highest BCUT2D eigenvalue weighted by molar-refractivity contribution is 8.26. The fourth-order valence-corrected chi connectivity index (χ4v) is 5.88. The highest BCUT2D eigenvalue weighted by Gasteiger charge is 2.41. The molecule has 0 saturated carbocycles. The van der Waals surface area contributed by atoms with Crippen molar-refractivity contribution in [3.05, 3.63) is 64.7 Å². The minimum Gasteiger partial charge on any atom is -0.359 e. The molecule has 4 rings (SSSR count). The summed E-state index contributed by atoms with van der Waals surface area (Å²) in [7, 11) is 1.66. The van der Waals surface area contributed by atoms with Gasteiger partial charge in [-0.25, -0.2) is 0 Å². The molecular weight excluding hydrogens is 438 g/mol. The third kappa shape index (κ3) is 3.73. The van der Waals surface area contributed by atoms with Gasteiger partial charge in [-0.1, -0.05) is 68.2 Å². The van der Waals surface area contributed by atoms with Crippen LogP contribution < -0.4 is 10.2 Å². The molecule has 2 aliphatic rings. The molecule has 2 heterocycles. The molecule has 32 heavy (non-hydrogen) atoms. The van der Waals surface area contributed by atoms with Gasteiger partial charge in [-0.2, -0.15) is 0 Å². The van der Waals surface area contributed by atoms with Crippen molar-refractivity contribution < 1.29 is 9.59 Å². The van der Waals surface area contributed by atoms with E-state index < -0.39 is 0 Å². The number of hydrogen-bond acceptors (Lipinski definition) is 5. The van der Waals surface area contributed by atoms with Crippen LogP contribution in [0.5, 0.6) is 0 Å². The molecule has 1 saturated heterocycles. The molecule has 0 unspecified atom stereocenters. The summed E-state index contributed by atoms with van der Waals surface area (Å²) in [4.78, 5) is 29.2. The second-order valence-corrected chi connectivity index (χ2v) is 10.1. The van der Waals surface area contributed by atoms with Crippen LogP contribution in [0, 0.1) is 0 Å². The maximum atomic E-state index is 12.7. The van der Waals surface area contributed by atoms with Crippen LogP contribution in [0.1, 0.15) is 32.8 Å². The first kappa shape index (κ1) is 22.6. The Balaban J connectivity index is 1.82. The Morgan fingerprint density at radius 2 is 1.91 bits per heavy atom. The maximum Gasteiger partial charge on any atom is 0.266 e. The first-order valence-corrected chi connectivity index (χ1v) is 12.0. The van der Waals surface area contributed by atoms with Gasteiger partial charge >= 0.3 is 0 Å². The summed E-state index contributed by atoms with van der Waals surface area (Å²) in [6.07, 6.45) is 4.29. The number of benzene rings is 2. The summed E-state index contributed by atoms with van der Waals surface area (Å²) in [6, 6.07) is 12.7. The lowest BCUT2D eigenvalue weighted by molar-refractivity contribution is -0.122. The van der Waals surface area contributed by atoms with Crippen LogP contribution in [0.3, 0.4) is 0 Å². The summed E-state index contributed by atoms with van der Waals surface area (Å²) in [5, 5.41) is 5.11. The van der Waals surface area contributed by atoms with Crippen molar-refractivity contribution in [3.63, 3.8) is 0 Å². The van der Waals surface area contributed by atoms with E-state index in [0.29, 0.717) is 28.7 Å². The summed E-state index contributed by atoms with van der Waals surface area (Å²) in [5.41, 5.74) is 3.12. The zero-order chi connectivity index (χ0) is 23.0. The molecule has 0 atom stereocenters. The van der Waals surface area contributed by atoms with Gasteiger partial charge < -0.3 is 10.2 Å². The molecule has 2 aliphatic heterocycles. The van der Waals surface area contributed by atoms with E-state index >= 15 is 0 Å². The fourth-order valence-electron chi connectivity index (χ4n) is 4.56. The van der Waals surface area contributed by atoms with E-state index in [-0.39, 0.29) is 17.2 Å². The monoisotopic (exact) mass is 465 g/mol. The molecule has 166 valence electrons. The lowest BCUT2D eigenvalue weighted by atomic mass is 9.81. The summed E-state index contributed by atoms with van der Waals surface area (Å²) >= 11 is 6.70. The molecule has 0 aliphatic carbocycles. The number of thiocarbonyl (C=S) groups is 1. The Morgan fingerprint density at radius 3 is 2.59 bits per heavy atom. The molecule has 0 radical (unpaired) electrons. The van der Waals surface area contributed by atoms with Gasteiger partial charge in [0.25, 0.3) is 5.91 Å². The second-order valence-electron chi connectivity index (χ2n) is 8.38. The number of amides is 2. The number of thioether (sulfide) groups is 1. The Labute approximate surface area is 198 Å². The Hall–Kier alpha value is -2.64. The Bertz CT molecular complexity index is 1180. The largest absolute Gasteiger partial charge is 0.359 e. The van der Waals surface area contributed by atoms with Crippen LogP contribution >= 0.6 is 24.0 Å². The lowest BCUT2D eigenvalue weighted by Crippen LogP contribution is -2.30. The molecule has 2 aromatic carbocycles. The lowest BCUT2D eigenvalue weighted by Gasteiger charge is -2.27. The van der Waals surface area contributed by atoms with Gasteiger partial charge in [0.2, 0.25) is 5.91 Å². The third-order valence-electron chi connectivity index (χ3n) is 6.18. The number of carbonyl (C=O) groups is 2. The minimum atomic E-state index is -0.298. The predicted molar refractivity (Wildman–Crippen MR) is 137 cm³/mol. The van der Waals surface area contributed by atoms with Gasteiger partial charge in [0.1, 0.15) is 4.32 Å². The average Bonchev–Trinajstić information content (AvgIpc) is 3.18. The van der Waals surface area contributed by atoms with Gasteiger partial charge in [0.05, 0.1) is 4.91 Å².